The molecule has 0 unspecified atom stereocenters. The highest BCUT2D eigenvalue weighted by atomic mass is 32.1. The molecule has 0 aliphatic heterocycles. The topological polar surface area (TPSA) is 39.2 Å². The van der Waals surface area contributed by atoms with Gasteiger partial charge >= 0.3 is 0 Å². The van der Waals surface area contributed by atoms with Crippen molar-refractivity contribution in [3.8, 4) is 16.3 Å². The first-order valence-corrected chi connectivity index (χ1v) is 7.94. The van der Waals surface area contributed by atoms with Crippen molar-refractivity contribution in [3.05, 3.63) is 71.0 Å². The maximum atomic E-state index is 12.9. The van der Waals surface area contributed by atoms with Crippen molar-refractivity contribution in [3.63, 3.8) is 0 Å². The van der Waals surface area contributed by atoms with Gasteiger partial charge in [-0.05, 0) is 55.5 Å². The molecule has 0 spiro atoms. The van der Waals surface area contributed by atoms with Gasteiger partial charge in [0, 0.05) is 16.5 Å². The van der Waals surface area contributed by atoms with E-state index in [0.29, 0.717) is 17.9 Å². The van der Waals surface area contributed by atoms with Gasteiger partial charge < -0.3 is 4.74 Å². The zero-order valence-electron chi connectivity index (χ0n) is 12.5. The average Bonchev–Trinajstić information content (AvgIpc) is 3.03. The summed E-state index contributed by atoms with van der Waals surface area (Å²) in [5.41, 5.74) is 2.35. The lowest BCUT2D eigenvalue weighted by atomic mass is 10.1. The maximum absolute atomic E-state index is 12.9. The van der Waals surface area contributed by atoms with Crippen LogP contribution >= 0.6 is 11.3 Å². The lowest BCUT2D eigenvalue weighted by Crippen LogP contribution is -1.97. The van der Waals surface area contributed by atoms with Crippen LogP contribution in [0.1, 0.15) is 23.0 Å². The van der Waals surface area contributed by atoms with Crippen LogP contribution in [-0.4, -0.2) is 10.8 Å². The van der Waals surface area contributed by atoms with Crippen molar-refractivity contribution in [1.29, 1.82) is 0 Å². The van der Waals surface area contributed by atoms with Crippen molar-refractivity contribution in [2.24, 2.45) is 0 Å². The van der Waals surface area contributed by atoms with Crippen LogP contribution < -0.4 is 4.74 Å². The minimum Gasteiger partial charge on any atom is -0.487 e. The molecule has 0 aliphatic rings. The number of carbonyl (C=O) groups excluding carboxylic acids is 1. The van der Waals surface area contributed by atoms with Crippen LogP contribution in [0.2, 0.25) is 0 Å². The monoisotopic (exact) mass is 327 g/mol. The van der Waals surface area contributed by atoms with Gasteiger partial charge in [0.1, 0.15) is 23.2 Å². The van der Waals surface area contributed by atoms with Gasteiger partial charge in [-0.2, -0.15) is 0 Å². The Morgan fingerprint density at radius 3 is 2.48 bits per heavy atom. The van der Waals surface area contributed by atoms with Crippen LogP contribution in [0.5, 0.6) is 5.75 Å². The molecule has 0 saturated carbocycles. The molecule has 3 rings (SSSR count). The van der Waals surface area contributed by atoms with Crippen molar-refractivity contribution >= 4 is 17.1 Å². The first-order valence-electron chi connectivity index (χ1n) is 7.06. The molecule has 1 heterocycles. The smallest absolute Gasteiger partial charge is 0.159 e. The third kappa shape index (κ3) is 3.81. The number of hydrogen-bond acceptors (Lipinski definition) is 4. The van der Waals surface area contributed by atoms with Crippen LogP contribution in [0, 0.1) is 5.82 Å². The lowest BCUT2D eigenvalue weighted by molar-refractivity contribution is 0.101. The molecule has 116 valence electrons. The van der Waals surface area contributed by atoms with Crippen molar-refractivity contribution < 1.29 is 13.9 Å². The van der Waals surface area contributed by atoms with Crippen LogP contribution in [0.25, 0.3) is 10.6 Å². The summed E-state index contributed by atoms with van der Waals surface area (Å²) in [4.78, 5) is 15.7. The largest absolute Gasteiger partial charge is 0.487 e. The second-order valence-electron chi connectivity index (χ2n) is 5.02. The number of halogens is 1. The lowest BCUT2D eigenvalue weighted by Gasteiger charge is -2.04. The van der Waals surface area contributed by atoms with Crippen molar-refractivity contribution in [2.45, 2.75) is 13.5 Å². The molecule has 0 fully saturated rings. The van der Waals surface area contributed by atoms with E-state index in [1.807, 2.05) is 5.38 Å². The van der Waals surface area contributed by atoms with Gasteiger partial charge in [0.25, 0.3) is 0 Å². The maximum Gasteiger partial charge on any atom is 0.159 e. The van der Waals surface area contributed by atoms with E-state index in [-0.39, 0.29) is 11.6 Å². The Labute approximate surface area is 137 Å². The third-order valence-electron chi connectivity index (χ3n) is 3.29. The fraction of sp³-hybridized carbons (Fsp3) is 0.111. The molecule has 0 N–H and O–H groups in total. The summed E-state index contributed by atoms with van der Waals surface area (Å²) in [5, 5.41) is 2.75. The molecule has 3 nitrogen and oxygen atoms in total. The van der Waals surface area contributed by atoms with E-state index in [9.17, 15) is 9.18 Å². The molecule has 0 amide bonds. The normalized spacial score (nSPS) is 10.5. The quantitative estimate of drug-likeness (QED) is 0.636. The molecule has 5 heteroatoms. The summed E-state index contributed by atoms with van der Waals surface area (Å²) in [7, 11) is 0. The second-order valence-corrected chi connectivity index (χ2v) is 5.88. The van der Waals surface area contributed by atoms with E-state index < -0.39 is 0 Å². The number of Topliss-reactive ketones (excluding diaryl/α,β-unsaturated/α-hetero) is 1. The summed E-state index contributed by atoms with van der Waals surface area (Å²) in [5.74, 6) is 0.453. The Morgan fingerprint density at radius 2 is 1.83 bits per heavy atom. The number of rotatable bonds is 5. The standard InChI is InChI=1S/C18H14FNO2S/c1-12(21)13-4-8-17(9-5-13)22-10-16-11-23-18(20-16)14-2-6-15(19)7-3-14/h2-9,11H,10H2,1H3. The van der Waals surface area contributed by atoms with Gasteiger partial charge in [0.05, 0.1) is 5.69 Å². The molecular formula is C18H14FNO2S. The van der Waals surface area contributed by atoms with Crippen LogP contribution in [0.4, 0.5) is 4.39 Å². The average molecular weight is 327 g/mol. The predicted octanol–water partition coefficient (Wildman–Crippen LogP) is 4.73. The Bertz CT molecular complexity index is 810. The number of aromatic nitrogens is 1. The highest BCUT2D eigenvalue weighted by molar-refractivity contribution is 7.13. The zero-order chi connectivity index (χ0) is 16.2. The number of hydrogen-bond donors (Lipinski definition) is 0. The fourth-order valence-corrected chi connectivity index (χ4v) is 2.85. The molecule has 0 bridgehead atoms. The highest BCUT2D eigenvalue weighted by Gasteiger charge is 2.06. The number of thiazole rings is 1. The van der Waals surface area contributed by atoms with Crippen molar-refractivity contribution in [2.75, 3.05) is 0 Å². The summed E-state index contributed by atoms with van der Waals surface area (Å²) in [6.45, 7) is 1.87. The minimum absolute atomic E-state index is 0.0278. The van der Waals surface area contributed by atoms with Gasteiger partial charge in [-0.25, -0.2) is 9.37 Å². The van der Waals surface area contributed by atoms with Gasteiger partial charge in [-0.1, -0.05) is 0 Å². The summed E-state index contributed by atoms with van der Waals surface area (Å²) >= 11 is 1.49. The SMILES string of the molecule is CC(=O)c1ccc(OCc2csc(-c3ccc(F)cc3)n2)cc1. The number of ether oxygens (including phenoxy) is 1. The minimum atomic E-state index is -0.261. The molecule has 0 radical (unpaired) electrons. The zero-order valence-corrected chi connectivity index (χ0v) is 13.3. The molecule has 0 atom stereocenters. The Hall–Kier alpha value is -2.53. The van der Waals surface area contributed by atoms with Crippen LogP contribution in [-0.2, 0) is 6.61 Å². The summed E-state index contributed by atoms with van der Waals surface area (Å²) < 4.78 is 18.6. The molecular weight excluding hydrogens is 313 g/mol. The van der Waals surface area contributed by atoms with Crippen LogP contribution in [0.15, 0.2) is 53.9 Å². The Kier molecular flexibility index (Phi) is 4.48. The molecule has 1 aromatic heterocycles. The van der Waals surface area contributed by atoms with E-state index in [2.05, 4.69) is 4.98 Å². The Morgan fingerprint density at radius 1 is 1.13 bits per heavy atom. The second kappa shape index (κ2) is 6.71. The first kappa shape index (κ1) is 15.4. The van der Waals surface area contributed by atoms with Crippen molar-refractivity contribution in [1.82, 2.24) is 4.98 Å². The summed E-state index contributed by atoms with van der Waals surface area (Å²) in [6, 6.07) is 13.3. The molecule has 0 aliphatic carbocycles. The Balaban J connectivity index is 1.65. The fourth-order valence-electron chi connectivity index (χ4n) is 2.04. The molecule has 23 heavy (non-hydrogen) atoms. The number of carbonyl (C=O) groups is 1. The number of benzene rings is 2. The van der Waals surface area contributed by atoms with E-state index in [1.54, 1.807) is 36.4 Å². The van der Waals surface area contributed by atoms with E-state index in [0.717, 1.165) is 16.3 Å². The van der Waals surface area contributed by atoms with Gasteiger partial charge in [-0.15, -0.1) is 11.3 Å². The van der Waals surface area contributed by atoms with E-state index >= 15 is 0 Å². The number of ketones is 1. The molecule has 2 aromatic carbocycles. The van der Waals surface area contributed by atoms with Gasteiger partial charge in [-0.3, -0.25) is 4.79 Å². The third-order valence-corrected chi connectivity index (χ3v) is 4.23. The van der Waals surface area contributed by atoms with E-state index in [1.165, 1.54) is 30.4 Å². The summed E-state index contributed by atoms with van der Waals surface area (Å²) in [6.07, 6.45) is 0. The van der Waals surface area contributed by atoms with Crippen LogP contribution in [0.3, 0.4) is 0 Å². The highest BCUT2D eigenvalue weighted by Crippen LogP contribution is 2.24. The van der Waals surface area contributed by atoms with Gasteiger partial charge in [0.2, 0.25) is 0 Å². The first-order chi connectivity index (χ1) is 11.1. The number of nitrogens with zero attached hydrogens (tertiary/aromatic N) is 1. The molecule has 0 saturated heterocycles. The van der Waals surface area contributed by atoms with E-state index in [4.69, 9.17) is 4.74 Å². The molecule has 3 aromatic rings. The van der Waals surface area contributed by atoms with Gasteiger partial charge in [0.15, 0.2) is 5.78 Å². The predicted molar refractivity (Wildman–Crippen MR) is 88.3 cm³/mol.